The van der Waals surface area contributed by atoms with E-state index in [4.69, 9.17) is 0 Å². The van der Waals surface area contributed by atoms with Crippen LogP contribution < -0.4 is 209 Å². The summed E-state index contributed by atoms with van der Waals surface area (Å²) in [5, 5.41) is 11.3. The molecule has 486 valence electrons. The van der Waals surface area contributed by atoms with Gasteiger partial charge in [0, 0.05) is 77.7 Å². The first-order chi connectivity index (χ1) is 43.6. The fourth-order valence-electron chi connectivity index (χ4n) is 9.35. The third kappa shape index (κ3) is 21.5. The van der Waals surface area contributed by atoms with Gasteiger partial charge in [-0.3, -0.25) is 28.8 Å². The van der Waals surface area contributed by atoms with E-state index in [-0.39, 0.29) is 246 Å². The van der Waals surface area contributed by atoms with Gasteiger partial charge in [0.25, 0.3) is 35.4 Å². The van der Waals surface area contributed by atoms with Crippen LogP contribution >= 0.6 is 0 Å². The van der Waals surface area contributed by atoms with Crippen molar-refractivity contribution in [3.05, 3.63) is 202 Å². The van der Waals surface area contributed by atoms with Crippen molar-refractivity contribution in [3.63, 3.8) is 0 Å². The van der Waals surface area contributed by atoms with Gasteiger partial charge in [0.15, 0.2) is 0 Å². The zero-order valence-corrected chi connectivity index (χ0v) is 70.2. The molecule has 0 aliphatic rings. The van der Waals surface area contributed by atoms with Gasteiger partial charge < -0.3 is 59.2 Å². The molecule has 0 spiro atoms. The molecule has 9 aromatic carbocycles. The van der Waals surface area contributed by atoms with E-state index in [2.05, 4.69) is 31.9 Å². The summed E-state index contributed by atoms with van der Waals surface area (Å²) in [4.78, 5) is 73.3. The number of hydrogen-bond acceptors (Lipinski definition) is 24. The van der Waals surface area contributed by atoms with Crippen molar-refractivity contribution in [1.29, 1.82) is 0 Å². The van der Waals surface area contributed by atoms with Gasteiger partial charge in [-0.05, 0) is 158 Å². The minimum Gasteiger partial charge on any atom is -0.744 e. The van der Waals surface area contributed by atoms with E-state index in [1.165, 1.54) is 109 Å². The molecular weight excluding hydrogens is 1490 g/mol. The molecule has 0 aromatic heterocycles. The van der Waals surface area contributed by atoms with Crippen LogP contribution in [0.3, 0.4) is 0 Å². The molecule has 0 radical (unpaired) electrons. The van der Waals surface area contributed by atoms with Crippen molar-refractivity contribution in [2.24, 2.45) is 0 Å². The molecule has 9 aromatic rings. The van der Waals surface area contributed by atoms with Gasteiger partial charge in [-0.1, -0.05) is 24.3 Å². The first-order valence-electron chi connectivity index (χ1n) is 26.0. The molecule has 0 bridgehead atoms. The second kappa shape index (κ2) is 35.2. The van der Waals surface area contributed by atoms with Crippen LogP contribution in [-0.4, -0.2) is 113 Å². The molecule has 0 saturated carbocycles. The number of anilines is 6. The molecule has 6 amide bonds. The number of carbonyl (C=O) groups is 6. The Kier molecular flexibility index (Phi) is 31.7. The number of hydrogen-bond donors (Lipinski definition) is 6. The Morgan fingerprint density at radius 2 is 0.540 bits per heavy atom. The van der Waals surface area contributed by atoms with Crippen molar-refractivity contribution >= 4 is 152 Å². The number of amides is 6. The summed E-state index contributed by atoms with van der Waals surface area (Å²) in [5.74, 6) is -5.01. The van der Waals surface area contributed by atoms with E-state index in [9.17, 15) is 107 Å². The normalized spacial score (nSPS) is 11.4. The van der Waals surface area contributed by atoms with Crippen molar-refractivity contribution < 1.29 is 284 Å². The third-order valence-electron chi connectivity index (χ3n) is 13.8. The smallest absolute Gasteiger partial charge is 0.744 e. The standard InChI is InChI=1S/C58H44N6O24S6.6Na/c1-29-9-11-35(57(69)61-43-17-19-47(91(77,78)79)41-25-39(89(71,72)73)27-49(51(41)43)93(83,84)85)23-45(29)63-55(67)33-5-3-7-37(21-33)59-53(65)31-13-15-32(16-14-31)54(66)60-38-8-4-6-34(22-38)56(68)64-46-24-36(12-10-30(46)2)58(70)62-44-18-20-48(92(80,81)82)42-26-40(90(74,75)76)28-50(52(42)44)94(86,87)88;;;;;;/h3-28H,1-2H3,(H,59,65)(H,60,66)(H,61,69)(H,62,70)(H,63,67)(H,64,68)(H,71,72,73)(H,74,75,76)(H,77,78,79)(H,80,81,82)(H,83,84,85)(H,86,87,88);;;;;;/q;6*+1/p-6. The van der Waals surface area contributed by atoms with Gasteiger partial charge in [0.05, 0.1) is 40.7 Å². The van der Waals surface area contributed by atoms with E-state index < -0.39 is 158 Å². The maximum absolute atomic E-state index is 13.7. The van der Waals surface area contributed by atoms with Gasteiger partial charge in [0.1, 0.15) is 60.7 Å². The molecule has 0 heterocycles. The Balaban J connectivity index is 0.00000433. The van der Waals surface area contributed by atoms with Crippen LogP contribution in [0.15, 0.2) is 187 Å². The summed E-state index contributed by atoms with van der Waals surface area (Å²) in [6, 6.07) is 27.8. The third-order valence-corrected chi connectivity index (χ3v) is 19.0. The molecule has 100 heavy (non-hydrogen) atoms. The topological polar surface area (TPSA) is 518 Å². The summed E-state index contributed by atoms with van der Waals surface area (Å²) in [7, 11) is -33.7. The Labute approximate surface area is 703 Å². The molecule has 0 saturated heterocycles. The van der Waals surface area contributed by atoms with E-state index in [1.807, 2.05) is 0 Å². The molecule has 0 unspecified atom stereocenters. The van der Waals surface area contributed by atoms with Crippen LogP contribution in [0.5, 0.6) is 0 Å². The molecule has 0 fully saturated rings. The zero-order valence-electron chi connectivity index (χ0n) is 53.3. The van der Waals surface area contributed by atoms with Gasteiger partial charge in [0.2, 0.25) is 0 Å². The van der Waals surface area contributed by atoms with E-state index in [0.29, 0.717) is 35.4 Å². The molecule has 42 heteroatoms. The monoisotopic (exact) mass is 1530 g/mol. The van der Waals surface area contributed by atoms with Crippen LogP contribution in [0.25, 0.3) is 21.5 Å². The average Bonchev–Trinajstić information content (AvgIpc) is 0.746. The second-order valence-corrected chi connectivity index (χ2v) is 28.3. The van der Waals surface area contributed by atoms with E-state index in [0.717, 1.165) is 12.1 Å². The SMILES string of the molecule is Cc1ccc(C(=O)Nc2ccc(S(=O)(=O)[O-])c3cc(S(=O)(=O)[O-])cc(S(=O)(=O)[O-])c23)cc1NC(=O)c1cccc(NC(=O)c2ccc(C(=O)Nc3cccc(C(=O)Nc4cc(C(=O)Nc5ccc(S(=O)(=O)[O-])c6cc(S(=O)(=O)[O-])cc(S(=O)(=O)[O-])c56)ccc4C)c3)cc2)c1.[Na+].[Na+].[Na+].[Na+].[Na+].[Na+]. The van der Waals surface area contributed by atoms with Gasteiger partial charge in [-0.2, -0.15) is 0 Å². The predicted molar refractivity (Wildman–Crippen MR) is 325 cm³/mol. The molecule has 0 aliphatic heterocycles. The predicted octanol–water partition coefficient (Wildman–Crippen LogP) is -12.4. The largest absolute Gasteiger partial charge is 1.00 e. The minimum atomic E-state index is -5.74. The van der Waals surface area contributed by atoms with Crippen LogP contribution in [0, 0.1) is 13.8 Å². The molecule has 0 atom stereocenters. The Hall–Kier alpha value is -4.22. The fraction of sp³-hybridized carbons (Fsp3) is 0.0345. The van der Waals surface area contributed by atoms with Gasteiger partial charge in [-0.15, -0.1) is 0 Å². The van der Waals surface area contributed by atoms with Crippen molar-refractivity contribution in [1.82, 2.24) is 0 Å². The average molecular weight is 1530 g/mol. The molecule has 6 N–H and O–H groups in total. The molecular formula is C58H38N6Na6O24S6. The zero-order chi connectivity index (χ0) is 68.9. The maximum Gasteiger partial charge on any atom is 1.00 e. The van der Waals surface area contributed by atoms with E-state index >= 15 is 0 Å². The van der Waals surface area contributed by atoms with Crippen molar-refractivity contribution in [3.8, 4) is 0 Å². The number of nitrogens with one attached hydrogen (secondary N) is 6. The summed E-state index contributed by atoms with van der Waals surface area (Å²) in [6.45, 7) is 3.10. The minimum absolute atomic E-state index is 0. The number of benzene rings is 9. The van der Waals surface area contributed by atoms with E-state index in [1.54, 1.807) is 13.8 Å². The van der Waals surface area contributed by atoms with Gasteiger partial charge in [-0.25, -0.2) is 50.5 Å². The summed E-state index contributed by atoms with van der Waals surface area (Å²) < 4.78 is 218. The van der Waals surface area contributed by atoms with Crippen LogP contribution in [0.2, 0.25) is 0 Å². The quantitative estimate of drug-likeness (QED) is 0.0343. The second-order valence-electron chi connectivity index (χ2n) is 20.2. The van der Waals surface area contributed by atoms with Crippen LogP contribution in [0.4, 0.5) is 34.1 Å². The van der Waals surface area contributed by atoms with Crippen LogP contribution in [0.1, 0.15) is 73.3 Å². The Bertz CT molecular complexity index is 5230. The summed E-state index contributed by atoms with van der Waals surface area (Å²) in [5.41, 5.74) is -0.452. The Morgan fingerprint density at radius 3 is 0.830 bits per heavy atom. The summed E-state index contributed by atoms with van der Waals surface area (Å²) in [6.07, 6.45) is 0. The first-order valence-corrected chi connectivity index (χ1v) is 34.5. The van der Waals surface area contributed by atoms with Crippen molar-refractivity contribution in [2.45, 2.75) is 43.2 Å². The first kappa shape index (κ1) is 90.0. The molecule has 9 rings (SSSR count). The van der Waals surface area contributed by atoms with Gasteiger partial charge >= 0.3 is 177 Å². The number of aryl methyl sites for hydroxylation is 2. The summed E-state index contributed by atoms with van der Waals surface area (Å²) >= 11 is 0. The van der Waals surface area contributed by atoms with Crippen LogP contribution in [-0.2, 0) is 60.7 Å². The Morgan fingerprint density at radius 1 is 0.270 bits per heavy atom. The fourth-order valence-corrected chi connectivity index (χ4v) is 13.4. The van der Waals surface area contributed by atoms with Crippen molar-refractivity contribution in [2.75, 3.05) is 31.9 Å². The number of fused-ring (bicyclic) bond motifs is 2. The maximum atomic E-state index is 13.7. The molecule has 30 nitrogen and oxygen atoms in total. The number of carbonyl (C=O) groups excluding carboxylic acids is 6. The molecule has 0 aliphatic carbocycles. The number of rotatable bonds is 18.